The molecule has 5 nitrogen and oxygen atoms in total. The standard InChI is InChI=1S/C14H11NO4/c1-2-9-4-6-11(18-9)13-15-10-5-3-8(14(16)17)7-12(10)19-13/h3-7H,2H2,1H3,(H,16,17). The predicted octanol–water partition coefficient (Wildman–Crippen LogP) is 3.35. The van der Waals surface area contributed by atoms with E-state index in [1.807, 2.05) is 13.0 Å². The number of aromatic carboxylic acids is 1. The topological polar surface area (TPSA) is 76.5 Å². The van der Waals surface area contributed by atoms with Gasteiger partial charge in [0.05, 0.1) is 5.56 Å². The van der Waals surface area contributed by atoms with Crippen molar-refractivity contribution in [3.8, 4) is 11.7 Å². The van der Waals surface area contributed by atoms with Crippen LogP contribution in [0.25, 0.3) is 22.8 Å². The van der Waals surface area contributed by atoms with Crippen LogP contribution >= 0.6 is 0 Å². The van der Waals surface area contributed by atoms with Gasteiger partial charge in [-0.25, -0.2) is 9.78 Å². The number of carboxylic acid groups (broad SMARTS) is 1. The van der Waals surface area contributed by atoms with E-state index < -0.39 is 5.97 Å². The first kappa shape index (κ1) is 11.5. The minimum Gasteiger partial charge on any atom is -0.478 e. The number of aryl methyl sites for hydroxylation is 1. The Morgan fingerprint density at radius 2 is 2.11 bits per heavy atom. The van der Waals surface area contributed by atoms with Crippen molar-refractivity contribution in [1.82, 2.24) is 4.98 Å². The molecule has 5 heteroatoms. The Labute approximate surface area is 108 Å². The van der Waals surface area contributed by atoms with Gasteiger partial charge in [0.2, 0.25) is 0 Å². The summed E-state index contributed by atoms with van der Waals surface area (Å²) in [6.45, 7) is 1.99. The first-order valence-corrected chi connectivity index (χ1v) is 5.90. The summed E-state index contributed by atoms with van der Waals surface area (Å²) in [5.41, 5.74) is 1.21. The largest absolute Gasteiger partial charge is 0.478 e. The number of carboxylic acids is 1. The molecule has 19 heavy (non-hydrogen) atoms. The SMILES string of the molecule is CCc1ccc(-c2nc3ccc(C(=O)O)cc3o2)o1. The Balaban J connectivity index is 2.08. The molecule has 0 atom stereocenters. The highest BCUT2D eigenvalue weighted by Crippen LogP contribution is 2.26. The number of hydrogen-bond donors (Lipinski definition) is 1. The molecule has 0 unspecified atom stereocenters. The van der Waals surface area contributed by atoms with E-state index in [2.05, 4.69) is 4.98 Å². The molecular weight excluding hydrogens is 246 g/mol. The smallest absolute Gasteiger partial charge is 0.335 e. The number of hydrogen-bond acceptors (Lipinski definition) is 4. The van der Waals surface area contributed by atoms with E-state index in [0.29, 0.717) is 22.8 Å². The molecule has 0 fully saturated rings. The van der Waals surface area contributed by atoms with Crippen molar-refractivity contribution >= 4 is 17.1 Å². The molecule has 1 N–H and O–H groups in total. The lowest BCUT2D eigenvalue weighted by atomic mass is 10.2. The molecule has 1 aromatic carbocycles. The quantitative estimate of drug-likeness (QED) is 0.778. The minimum atomic E-state index is -0.994. The Morgan fingerprint density at radius 3 is 2.79 bits per heavy atom. The lowest BCUT2D eigenvalue weighted by molar-refractivity contribution is 0.0697. The van der Waals surface area contributed by atoms with Gasteiger partial charge in [-0.2, -0.15) is 0 Å². The fourth-order valence-electron chi connectivity index (χ4n) is 1.85. The maximum absolute atomic E-state index is 10.9. The van der Waals surface area contributed by atoms with Crippen LogP contribution in [0.2, 0.25) is 0 Å². The average Bonchev–Trinajstić information content (AvgIpc) is 3.03. The van der Waals surface area contributed by atoms with Crippen molar-refractivity contribution in [3.63, 3.8) is 0 Å². The number of benzene rings is 1. The third kappa shape index (κ3) is 1.99. The molecular formula is C14H11NO4. The van der Waals surface area contributed by atoms with E-state index in [9.17, 15) is 4.79 Å². The molecule has 0 aliphatic rings. The van der Waals surface area contributed by atoms with Crippen LogP contribution in [0.15, 0.2) is 39.2 Å². The van der Waals surface area contributed by atoms with Crippen molar-refractivity contribution in [2.24, 2.45) is 0 Å². The zero-order valence-electron chi connectivity index (χ0n) is 10.2. The zero-order valence-corrected chi connectivity index (χ0v) is 10.2. The Bertz CT molecular complexity index is 754. The Kier molecular flexibility index (Phi) is 2.59. The average molecular weight is 257 g/mol. The summed E-state index contributed by atoms with van der Waals surface area (Å²) in [6, 6.07) is 8.23. The van der Waals surface area contributed by atoms with Crippen LogP contribution in [-0.4, -0.2) is 16.1 Å². The minimum absolute atomic E-state index is 0.170. The van der Waals surface area contributed by atoms with E-state index in [0.717, 1.165) is 12.2 Å². The van der Waals surface area contributed by atoms with Crippen LogP contribution in [-0.2, 0) is 6.42 Å². The molecule has 0 bridgehead atoms. The van der Waals surface area contributed by atoms with Crippen LogP contribution in [0.1, 0.15) is 23.0 Å². The van der Waals surface area contributed by atoms with Gasteiger partial charge in [-0.15, -0.1) is 0 Å². The summed E-state index contributed by atoms with van der Waals surface area (Å²) in [7, 11) is 0. The second kappa shape index (κ2) is 4.28. The van der Waals surface area contributed by atoms with Gasteiger partial charge in [0.15, 0.2) is 11.3 Å². The number of carbonyl (C=O) groups is 1. The third-order valence-electron chi connectivity index (χ3n) is 2.86. The van der Waals surface area contributed by atoms with Crippen molar-refractivity contribution in [2.45, 2.75) is 13.3 Å². The number of oxazole rings is 1. The molecule has 0 aliphatic carbocycles. The van der Waals surface area contributed by atoms with E-state index in [4.69, 9.17) is 13.9 Å². The Morgan fingerprint density at radius 1 is 1.26 bits per heavy atom. The lowest BCUT2D eigenvalue weighted by Gasteiger charge is -1.91. The number of aromatic nitrogens is 1. The predicted molar refractivity (Wildman–Crippen MR) is 68.0 cm³/mol. The van der Waals surface area contributed by atoms with Gasteiger partial charge >= 0.3 is 5.97 Å². The molecule has 3 rings (SSSR count). The van der Waals surface area contributed by atoms with Gasteiger partial charge in [0.1, 0.15) is 11.3 Å². The molecule has 96 valence electrons. The van der Waals surface area contributed by atoms with Crippen LogP contribution in [0.4, 0.5) is 0 Å². The van der Waals surface area contributed by atoms with Gasteiger partial charge in [0, 0.05) is 6.42 Å². The molecule has 3 aromatic rings. The monoisotopic (exact) mass is 257 g/mol. The van der Waals surface area contributed by atoms with Crippen molar-refractivity contribution in [1.29, 1.82) is 0 Å². The normalized spacial score (nSPS) is 11.0. The maximum atomic E-state index is 10.9. The molecule has 0 saturated carbocycles. The number of furan rings is 1. The highest BCUT2D eigenvalue weighted by Gasteiger charge is 2.13. The number of nitrogens with zero attached hydrogens (tertiary/aromatic N) is 1. The second-order valence-corrected chi connectivity index (χ2v) is 4.13. The van der Waals surface area contributed by atoms with Crippen molar-refractivity contribution in [3.05, 3.63) is 41.7 Å². The molecule has 2 aromatic heterocycles. The molecule has 0 spiro atoms. The van der Waals surface area contributed by atoms with Crippen LogP contribution < -0.4 is 0 Å². The first-order chi connectivity index (χ1) is 9.17. The number of fused-ring (bicyclic) bond motifs is 1. The van der Waals surface area contributed by atoms with Gasteiger partial charge in [-0.05, 0) is 30.3 Å². The fraction of sp³-hybridized carbons (Fsp3) is 0.143. The van der Waals surface area contributed by atoms with Gasteiger partial charge < -0.3 is 13.9 Å². The van der Waals surface area contributed by atoms with E-state index >= 15 is 0 Å². The molecule has 2 heterocycles. The summed E-state index contributed by atoms with van der Waals surface area (Å²) in [5.74, 6) is 0.761. The molecule has 0 saturated heterocycles. The third-order valence-corrected chi connectivity index (χ3v) is 2.86. The van der Waals surface area contributed by atoms with Gasteiger partial charge in [-0.3, -0.25) is 0 Å². The van der Waals surface area contributed by atoms with E-state index in [1.165, 1.54) is 12.1 Å². The molecule has 0 amide bonds. The van der Waals surface area contributed by atoms with Crippen LogP contribution in [0.3, 0.4) is 0 Å². The fourth-order valence-corrected chi connectivity index (χ4v) is 1.85. The molecule has 0 aliphatic heterocycles. The summed E-state index contributed by atoms with van der Waals surface area (Å²) in [4.78, 5) is 15.2. The van der Waals surface area contributed by atoms with Crippen LogP contribution in [0, 0.1) is 0 Å². The van der Waals surface area contributed by atoms with Crippen molar-refractivity contribution in [2.75, 3.05) is 0 Å². The first-order valence-electron chi connectivity index (χ1n) is 5.90. The Hall–Kier alpha value is -2.56. The van der Waals surface area contributed by atoms with Gasteiger partial charge in [0.25, 0.3) is 5.89 Å². The zero-order chi connectivity index (χ0) is 13.4. The summed E-state index contributed by atoms with van der Waals surface area (Å²) in [6.07, 6.45) is 0.795. The maximum Gasteiger partial charge on any atom is 0.335 e. The summed E-state index contributed by atoms with van der Waals surface area (Å²) >= 11 is 0. The van der Waals surface area contributed by atoms with Crippen LogP contribution in [0.5, 0.6) is 0 Å². The van der Waals surface area contributed by atoms with E-state index in [1.54, 1.807) is 12.1 Å². The van der Waals surface area contributed by atoms with Crippen molar-refractivity contribution < 1.29 is 18.7 Å². The van der Waals surface area contributed by atoms with E-state index in [-0.39, 0.29) is 5.56 Å². The lowest BCUT2D eigenvalue weighted by Crippen LogP contribution is -1.94. The second-order valence-electron chi connectivity index (χ2n) is 4.13. The summed E-state index contributed by atoms with van der Waals surface area (Å²) < 4.78 is 11.1. The number of rotatable bonds is 3. The highest BCUT2D eigenvalue weighted by atomic mass is 16.4. The molecule has 0 radical (unpaired) electrons. The highest BCUT2D eigenvalue weighted by molar-refractivity contribution is 5.92. The summed E-state index contributed by atoms with van der Waals surface area (Å²) in [5, 5.41) is 8.92. The van der Waals surface area contributed by atoms with Gasteiger partial charge in [-0.1, -0.05) is 6.92 Å².